The SMILES string of the molecule is Cc1n(CCCOC(=O)C(O)(c2ccccc2)C2CCCCCC2)cc[n+]1Cc1ccc(Br)cc1. The van der Waals surface area contributed by atoms with Crippen LogP contribution in [-0.2, 0) is 28.2 Å². The van der Waals surface area contributed by atoms with Crippen LogP contribution in [0, 0.1) is 12.8 Å². The molecule has 186 valence electrons. The molecule has 1 aromatic heterocycles. The number of hydrogen-bond acceptors (Lipinski definition) is 3. The minimum absolute atomic E-state index is 0.107. The van der Waals surface area contributed by atoms with Gasteiger partial charge in [-0.05, 0) is 36.1 Å². The Morgan fingerprint density at radius 1 is 1.09 bits per heavy atom. The molecule has 0 bridgehead atoms. The zero-order valence-electron chi connectivity index (χ0n) is 20.5. The van der Waals surface area contributed by atoms with E-state index in [1.165, 1.54) is 5.56 Å². The van der Waals surface area contributed by atoms with E-state index in [1.54, 1.807) is 0 Å². The van der Waals surface area contributed by atoms with E-state index in [-0.39, 0.29) is 12.5 Å². The van der Waals surface area contributed by atoms with Crippen molar-refractivity contribution in [2.24, 2.45) is 5.92 Å². The monoisotopic (exact) mass is 539 g/mol. The number of halogens is 1. The van der Waals surface area contributed by atoms with Gasteiger partial charge in [0, 0.05) is 23.7 Å². The average Bonchev–Trinajstić information content (AvgIpc) is 3.06. The summed E-state index contributed by atoms with van der Waals surface area (Å²) in [6.45, 7) is 3.95. The van der Waals surface area contributed by atoms with Crippen molar-refractivity contribution in [1.29, 1.82) is 0 Å². The summed E-state index contributed by atoms with van der Waals surface area (Å²) in [6, 6.07) is 17.7. The van der Waals surface area contributed by atoms with Crippen molar-refractivity contribution in [3.63, 3.8) is 0 Å². The first-order chi connectivity index (χ1) is 17.0. The van der Waals surface area contributed by atoms with Crippen LogP contribution in [-0.4, -0.2) is 22.2 Å². The van der Waals surface area contributed by atoms with Crippen molar-refractivity contribution in [3.8, 4) is 0 Å². The first-order valence-corrected chi connectivity index (χ1v) is 13.5. The molecule has 2 aromatic carbocycles. The van der Waals surface area contributed by atoms with E-state index in [0.717, 1.165) is 61.9 Å². The molecule has 1 fully saturated rings. The maximum Gasteiger partial charge on any atom is 0.343 e. The minimum atomic E-state index is -1.58. The summed E-state index contributed by atoms with van der Waals surface area (Å²) in [5.41, 5.74) is 0.307. The third kappa shape index (κ3) is 6.22. The molecular weight excluding hydrogens is 504 g/mol. The molecule has 0 saturated heterocycles. The highest BCUT2D eigenvalue weighted by atomic mass is 79.9. The van der Waals surface area contributed by atoms with Gasteiger partial charge in [0.25, 0.3) is 5.82 Å². The van der Waals surface area contributed by atoms with E-state index in [2.05, 4.69) is 68.6 Å². The number of rotatable bonds is 9. The Bertz CT molecular complexity index is 1090. The fourth-order valence-corrected chi connectivity index (χ4v) is 5.42. The van der Waals surface area contributed by atoms with Crippen LogP contribution in [0.5, 0.6) is 0 Å². The van der Waals surface area contributed by atoms with Gasteiger partial charge >= 0.3 is 5.97 Å². The smallest absolute Gasteiger partial charge is 0.343 e. The lowest BCUT2D eigenvalue weighted by atomic mass is 9.77. The quantitative estimate of drug-likeness (QED) is 0.164. The normalized spacial score (nSPS) is 16.4. The summed E-state index contributed by atoms with van der Waals surface area (Å²) in [5, 5.41) is 11.7. The van der Waals surface area contributed by atoms with Crippen molar-refractivity contribution in [2.75, 3.05) is 6.61 Å². The fraction of sp³-hybridized carbons (Fsp3) is 0.448. The average molecular weight is 541 g/mol. The second-order valence-corrected chi connectivity index (χ2v) is 10.5. The van der Waals surface area contributed by atoms with Gasteiger partial charge in [0.2, 0.25) is 0 Å². The van der Waals surface area contributed by atoms with Crippen molar-refractivity contribution < 1.29 is 19.2 Å². The number of nitrogens with zero attached hydrogens (tertiary/aromatic N) is 2. The molecule has 1 N–H and O–H groups in total. The van der Waals surface area contributed by atoms with Crippen molar-refractivity contribution in [3.05, 3.63) is 88.4 Å². The maximum atomic E-state index is 13.3. The number of hydrogen-bond donors (Lipinski definition) is 1. The summed E-state index contributed by atoms with van der Waals surface area (Å²) in [7, 11) is 0. The number of imidazole rings is 1. The molecule has 1 atom stereocenters. The van der Waals surface area contributed by atoms with E-state index in [0.29, 0.717) is 12.0 Å². The third-order valence-electron chi connectivity index (χ3n) is 7.27. The fourth-order valence-electron chi connectivity index (χ4n) is 5.15. The summed E-state index contributed by atoms with van der Waals surface area (Å²) < 4.78 is 11.2. The van der Waals surface area contributed by atoms with Crippen molar-refractivity contribution in [2.45, 2.75) is 70.6 Å². The predicted octanol–water partition coefficient (Wildman–Crippen LogP) is 5.69. The highest BCUT2D eigenvalue weighted by molar-refractivity contribution is 9.10. The van der Waals surface area contributed by atoms with Crippen LogP contribution in [0.1, 0.15) is 61.9 Å². The second kappa shape index (κ2) is 12.0. The Morgan fingerprint density at radius 3 is 2.46 bits per heavy atom. The van der Waals surface area contributed by atoms with Crippen LogP contribution in [0.15, 0.2) is 71.5 Å². The highest BCUT2D eigenvalue weighted by Crippen LogP contribution is 2.39. The summed E-state index contributed by atoms with van der Waals surface area (Å²) in [5.74, 6) is 0.535. The van der Waals surface area contributed by atoms with Crippen LogP contribution >= 0.6 is 15.9 Å². The maximum absolute atomic E-state index is 13.3. The largest absolute Gasteiger partial charge is 0.463 e. The van der Waals surface area contributed by atoms with Gasteiger partial charge in [-0.3, -0.25) is 0 Å². The van der Waals surface area contributed by atoms with E-state index in [1.807, 2.05) is 30.3 Å². The molecule has 1 aliphatic rings. The Hall–Kier alpha value is -2.44. The zero-order valence-corrected chi connectivity index (χ0v) is 22.1. The van der Waals surface area contributed by atoms with Gasteiger partial charge in [-0.1, -0.05) is 84.1 Å². The number of aliphatic hydroxyl groups is 1. The summed E-state index contributed by atoms with van der Waals surface area (Å²) in [6.07, 6.45) is 11.0. The Kier molecular flexibility index (Phi) is 8.79. The molecule has 6 heteroatoms. The molecule has 0 amide bonds. The predicted molar refractivity (Wildman–Crippen MR) is 140 cm³/mol. The first kappa shape index (κ1) is 25.6. The first-order valence-electron chi connectivity index (χ1n) is 12.7. The molecule has 0 spiro atoms. The lowest BCUT2D eigenvalue weighted by Crippen LogP contribution is -2.44. The number of aryl methyl sites for hydroxylation is 1. The lowest BCUT2D eigenvalue weighted by molar-refractivity contribution is -0.694. The standard InChI is InChI=1S/C29H36BrN2O3/c1-23-31(19-20-32(23)22-24-14-16-27(30)17-15-24)18-9-21-35-28(33)29(34,26-12-7-4-8-13-26)25-10-5-2-3-6-11-25/h4,7-8,12-17,19-20,25,34H,2-3,5-6,9-11,18,21-22H2,1H3/q+1. The van der Waals surface area contributed by atoms with Gasteiger partial charge in [-0.25, -0.2) is 13.9 Å². The van der Waals surface area contributed by atoms with Gasteiger partial charge in [-0.2, -0.15) is 0 Å². The Labute approximate surface area is 216 Å². The molecule has 1 heterocycles. The zero-order chi connectivity index (χ0) is 24.7. The van der Waals surface area contributed by atoms with Gasteiger partial charge < -0.3 is 9.84 Å². The lowest BCUT2D eigenvalue weighted by Gasteiger charge is -2.34. The van der Waals surface area contributed by atoms with Gasteiger partial charge in [0.15, 0.2) is 5.60 Å². The van der Waals surface area contributed by atoms with Crippen LogP contribution in [0.25, 0.3) is 0 Å². The molecule has 35 heavy (non-hydrogen) atoms. The molecule has 0 radical (unpaired) electrons. The van der Waals surface area contributed by atoms with Gasteiger partial charge in [-0.15, -0.1) is 0 Å². The second-order valence-electron chi connectivity index (χ2n) is 9.60. The molecule has 3 aromatic rings. The molecule has 1 unspecified atom stereocenters. The Morgan fingerprint density at radius 2 is 1.77 bits per heavy atom. The number of esters is 1. The van der Waals surface area contributed by atoms with Gasteiger partial charge in [0.1, 0.15) is 18.9 Å². The highest BCUT2D eigenvalue weighted by Gasteiger charge is 2.46. The summed E-state index contributed by atoms with van der Waals surface area (Å²) in [4.78, 5) is 13.3. The minimum Gasteiger partial charge on any atom is -0.463 e. The number of carbonyl (C=O) groups excluding carboxylic acids is 1. The van der Waals surface area contributed by atoms with E-state index < -0.39 is 11.6 Å². The molecule has 1 aliphatic carbocycles. The number of benzene rings is 2. The van der Waals surface area contributed by atoms with Crippen LogP contribution < -0.4 is 4.57 Å². The third-order valence-corrected chi connectivity index (χ3v) is 7.80. The van der Waals surface area contributed by atoms with Crippen molar-refractivity contribution in [1.82, 2.24) is 4.57 Å². The van der Waals surface area contributed by atoms with Gasteiger partial charge in [0.05, 0.1) is 13.2 Å². The summed E-state index contributed by atoms with van der Waals surface area (Å²) >= 11 is 3.48. The molecule has 4 rings (SSSR count). The molecule has 1 saturated carbocycles. The van der Waals surface area contributed by atoms with Crippen molar-refractivity contribution >= 4 is 21.9 Å². The van der Waals surface area contributed by atoms with E-state index >= 15 is 0 Å². The number of aromatic nitrogens is 2. The van der Waals surface area contributed by atoms with Crippen LogP contribution in [0.2, 0.25) is 0 Å². The number of ether oxygens (including phenoxy) is 1. The Balaban J connectivity index is 1.36. The molecule has 0 aliphatic heterocycles. The molecular formula is C29H36BrN2O3+. The molecule has 5 nitrogen and oxygen atoms in total. The topological polar surface area (TPSA) is 55.3 Å². The van der Waals surface area contributed by atoms with E-state index in [4.69, 9.17) is 4.74 Å². The van der Waals surface area contributed by atoms with Crippen LogP contribution in [0.3, 0.4) is 0 Å². The van der Waals surface area contributed by atoms with Crippen LogP contribution in [0.4, 0.5) is 0 Å². The van der Waals surface area contributed by atoms with E-state index in [9.17, 15) is 9.90 Å². The number of carbonyl (C=O) groups is 1.